The van der Waals surface area contributed by atoms with Crippen molar-refractivity contribution >= 4 is 39.5 Å². The number of aryl methyl sites for hydroxylation is 1. The van der Waals surface area contributed by atoms with Gasteiger partial charge in [-0.25, -0.2) is 9.97 Å². The molecule has 6 heterocycles. The lowest BCUT2D eigenvalue weighted by atomic mass is 9.92. The highest BCUT2D eigenvalue weighted by Crippen LogP contribution is 2.35. The van der Waals surface area contributed by atoms with Gasteiger partial charge in [-0.05, 0) is 72.9 Å². The zero-order chi connectivity index (χ0) is 41.3. The molecule has 2 aromatic carbocycles. The van der Waals surface area contributed by atoms with Crippen molar-refractivity contribution in [2.24, 2.45) is 7.05 Å². The second-order valence-electron chi connectivity index (χ2n) is 14.7. The van der Waals surface area contributed by atoms with E-state index < -0.39 is 23.8 Å². The zero-order valence-corrected chi connectivity index (χ0v) is 32.5. The van der Waals surface area contributed by atoms with Gasteiger partial charge in [0.1, 0.15) is 60.3 Å². The van der Waals surface area contributed by atoms with Gasteiger partial charge in [-0.15, -0.1) is 0 Å². The van der Waals surface area contributed by atoms with Gasteiger partial charge in [0, 0.05) is 66.0 Å². The monoisotopic (exact) mass is 799 g/mol. The van der Waals surface area contributed by atoms with E-state index in [1.165, 1.54) is 12.1 Å². The predicted octanol–water partition coefficient (Wildman–Crippen LogP) is 5.88. The molecule has 14 nitrogen and oxygen atoms in total. The number of imide groups is 1. The molecule has 1 unspecified atom stereocenters. The topological polar surface area (TPSA) is 171 Å². The molecule has 60 heavy (non-hydrogen) atoms. The molecule has 1 saturated heterocycles. The van der Waals surface area contributed by atoms with Gasteiger partial charge >= 0.3 is 0 Å². The summed E-state index contributed by atoms with van der Waals surface area (Å²) >= 11 is 0. The molecule has 6 aromatic rings. The van der Waals surface area contributed by atoms with E-state index in [0.29, 0.717) is 60.0 Å². The minimum absolute atomic E-state index is 0.0580. The molecule has 4 aromatic heterocycles. The number of nitrogens with zero attached hydrogens (tertiary/aromatic N) is 6. The summed E-state index contributed by atoms with van der Waals surface area (Å²) < 4.78 is 25.7. The molecule has 0 bridgehead atoms. The average Bonchev–Trinajstić information content (AvgIpc) is 3.67. The average molecular weight is 800 g/mol. The van der Waals surface area contributed by atoms with Gasteiger partial charge in [-0.2, -0.15) is 5.26 Å². The van der Waals surface area contributed by atoms with E-state index in [2.05, 4.69) is 61.5 Å². The lowest BCUT2D eigenvalue weighted by Crippen LogP contribution is -2.51. The number of fused-ring (bicyclic) bond motifs is 4. The number of nitrogens with one attached hydrogen (secondary N) is 1. The number of nitriles is 1. The molecular weight excluding hydrogens is 763 g/mol. The van der Waals surface area contributed by atoms with E-state index in [-0.39, 0.29) is 43.2 Å². The van der Waals surface area contributed by atoms with Gasteiger partial charge in [0.15, 0.2) is 0 Å². The highest BCUT2D eigenvalue weighted by molar-refractivity contribution is 6.23. The Labute approximate surface area is 344 Å². The molecule has 3 aliphatic rings. The summed E-state index contributed by atoms with van der Waals surface area (Å²) in [6.07, 6.45) is 8.97. The number of allylic oxidation sites excluding steroid dienone is 1. The Morgan fingerprint density at radius 3 is 2.50 bits per heavy atom. The van der Waals surface area contributed by atoms with Crippen LogP contribution in [0.5, 0.6) is 17.4 Å². The van der Waals surface area contributed by atoms with Crippen molar-refractivity contribution in [3.8, 4) is 46.4 Å². The van der Waals surface area contributed by atoms with E-state index in [0.717, 1.165) is 37.8 Å². The van der Waals surface area contributed by atoms with E-state index in [1.54, 1.807) is 30.7 Å². The second kappa shape index (κ2) is 16.0. The first-order valence-corrected chi connectivity index (χ1v) is 19.5. The molecule has 1 atom stereocenters. The van der Waals surface area contributed by atoms with Gasteiger partial charge in [-0.1, -0.05) is 24.6 Å². The summed E-state index contributed by atoms with van der Waals surface area (Å²) in [5, 5.41) is 14.8. The number of carbonyl (C=O) groups is 3. The van der Waals surface area contributed by atoms with Crippen molar-refractivity contribution < 1.29 is 33.3 Å². The number of rotatable bonds is 11. The molecule has 298 valence electrons. The third kappa shape index (κ3) is 7.36. The molecule has 1 N–H and O–H groups in total. The van der Waals surface area contributed by atoms with Crippen molar-refractivity contribution in [2.45, 2.75) is 43.9 Å². The molecule has 0 radical (unpaired) electrons. The Morgan fingerprint density at radius 2 is 1.68 bits per heavy atom. The number of hydrogen-bond acceptors (Lipinski definition) is 11. The first kappa shape index (κ1) is 38.0. The van der Waals surface area contributed by atoms with E-state index >= 15 is 0 Å². The number of amides is 3. The number of carbonyl (C=O) groups excluding carboxylic acids is 3. The maximum absolute atomic E-state index is 13.1. The predicted molar refractivity (Wildman–Crippen MR) is 219 cm³/mol. The smallest absolute Gasteiger partial charge is 0.262 e. The van der Waals surface area contributed by atoms with Crippen LogP contribution in [0.25, 0.3) is 32.9 Å². The summed E-state index contributed by atoms with van der Waals surface area (Å²) in [5.41, 5.74) is 5.91. The molecule has 3 amide bonds. The highest BCUT2D eigenvalue weighted by Gasteiger charge is 2.44. The molecular formula is C46H37N7O7. The normalized spacial score (nSPS) is 18.3. The number of pyridine rings is 3. The van der Waals surface area contributed by atoms with Crippen LogP contribution < -0.4 is 19.5 Å². The van der Waals surface area contributed by atoms with Crippen LogP contribution in [0.4, 0.5) is 0 Å². The lowest BCUT2D eigenvalue weighted by Gasteiger charge is -2.35. The van der Waals surface area contributed by atoms with E-state index in [9.17, 15) is 19.6 Å². The van der Waals surface area contributed by atoms with Gasteiger partial charge in [0.2, 0.25) is 11.8 Å². The van der Waals surface area contributed by atoms with E-state index in [1.807, 2.05) is 37.5 Å². The largest absolute Gasteiger partial charge is 0.491 e. The summed E-state index contributed by atoms with van der Waals surface area (Å²) in [4.78, 5) is 52.7. The minimum atomic E-state index is -0.871. The summed E-state index contributed by atoms with van der Waals surface area (Å²) in [5.74, 6) is 5.80. The van der Waals surface area contributed by atoms with Crippen LogP contribution in [0, 0.1) is 23.2 Å². The van der Waals surface area contributed by atoms with Crippen molar-refractivity contribution in [2.75, 3.05) is 19.8 Å². The van der Waals surface area contributed by atoms with Gasteiger partial charge in [0.05, 0.1) is 29.4 Å². The van der Waals surface area contributed by atoms with Crippen molar-refractivity contribution in [3.63, 3.8) is 0 Å². The number of benzene rings is 2. The van der Waals surface area contributed by atoms with Crippen molar-refractivity contribution in [1.29, 1.82) is 5.26 Å². The Kier molecular flexibility index (Phi) is 10.1. The SMILES string of the molecule is C=C1CCC(N2C(=O)c3ccc(OCCOCC#Cc4ccc(OC5CC(Oc6ncc(-c7ccc8c9cnccc9n(C)c8c7)cc6C#N)C5)cn4)cc3C2=O)C(=O)N1. The van der Waals surface area contributed by atoms with Crippen LogP contribution in [0.1, 0.15) is 57.7 Å². The summed E-state index contributed by atoms with van der Waals surface area (Å²) in [6.45, 7) is 4.34. The quantitative estimate of drug-likeness (QED) is 0.0944. The third-order valence-corrected chi connectivity index (χ3v) is 10.9. The first-order valence-electron chi connectivity index (χ1n) is 19.5. The summed E-state index contributed by atoms with van der Waals surface area (Å²) in [6, 6.07) is 19.7. The molecule has 9 rings (SSSR count). The van der Waals surface area contributed by atoms with Crippen molar-refractivity contribution in [3.05, 3.63) is 120 Å². The fraction of sp³-hybridized carbons (Fsp3) is 0.239. The molecule has 1 saturated carbocycles. The first-order chi connectivity index (χ1) is 29.2. The van der Waals surface area contributed by atoms with Gasteiger partial charge in [-0.3, -0.25) is 24.3 Å². The Morgan fingerprint density at radius 1 is 0.850 bits per heavy atom. The number of ether oxygens (including phenoxy) is 4. The van der Waals surface area contributed by atoms with Crippen LogP contribution in [-0.2, 0) is 16.6 Å². The Balaban J connectivity index is 0.703. The number of hydrogen-bond donors (Lipinski definition) is 1. The Hall–Kier alpha value is -7.55. The van der Waals surface area contributed by atoms with E-state index in [4.69, 9.17) is 18.9 Å². The Bertz CT molecular complexity index is 2830. The number of aromatic nitrogens is 4. The van der Waals surface area contributed by atoms with Crippen LogP contribution in [0.3, 0.4) is 0 Å². The minimum Gasteiger partial charge on any atom is -0.491 e. The van der Waals surface area contributed by atoms with Crippen LogP contribution >= 0.6 is 0 Å². The number of piperidine rings is 1. The van der Waals surface area contributed by atoms with Gasteiger partial charge < -0.3 is 28.8 Å². The molecule has 14 heteroatoms. The van der Waals surface area contributed by atoms with Crippen LogP contribution in [0.2, 0.25) is 0 Å². The fourth-order valence-electron chi connectivity index (χ4n) is 7.69. The molecule has 0 spiro atoms. The van der Waals surface area contributed by atoms with Crippen LogP contribution in [0.15, 0.2) is 97.7 Å². The lowest BCUT2D eigenvalue weighted by molar-refractivity contribution is -0.125. The molecule has 2 fully saturated rings. The maximum atomic E-state index is 13.1. The summed E-state index contributed by atoms with van der Waals surface area (Å²) in [7, 11) is 2.03. The van der Waals surface area contributed by atoms with Crippen molar-refractivity contribution in [1.82, 2.24) is 29.7 Å². The standard InChI is InChI=1S/C46H37N7O7/c1-27-5-12-41(43(54)51-27)53-45(55)37-11-9-32(22-38(37)46(53)56)58-17-16-57-15-3-4-31-7-8-33(25-49-31)59-34-20-35(21-34)60-44-29(23-47)18-30(24-50-44)28-6-10-36-39-26-48-14-13-40(39)52(2)42(36)19-28/h6-11,13-14,18-19,22,24-26,34-35,41H,1,5,12,15-17,20-21H2,2H3,(H,51,54). The molecule has 1 aliphatic carbocycles. The highest BCUT2D eigenvalue weighted by atomic mass is 16.5. The molecule has 2 aliphatic heterocycles. The van der Waals surface area contributed by atoms with Gasteiger partial charge in [0.25, 0.3) is 11.8 Å². The second-order valence-corrected chi connectivity index (χ2v) is 14.7. The third-order valence-electron chi connectivity index (χ3n) is 10.9. The zero-order valence-electron chi connectivity index (χ0n) is 32.5. The van der Waals surface area contributed by atoms with Crippen LogP contribution in [-0.4, -0.2) is 80.2 Å². The fourth-order valence-corrected chi connectivity index (χ4v) is 7.69. The maximum Gasteiger partial charge on any atom is 0.262 e.